The number of ether oxygens (including phenoxy) is 2. The molecule has 3 heterocycles. The van der Waals surface area contributed by atoms with Gasteiger partial charge in [-0.25, -0.2) is 4.98 Å². The summed E-state index contributed by atoms with van der Waals surface area (Å²) in [6, 6.07) is 13.1. The van der Waals surface area contributed by atoms with E-state index in [9.17, 15) is 4.79 Å². The van der Waals surface area contributed by atoms with Crippen molar-refractivity contribution in [3.8, 4) is 5.75 Å². The fourth-order valence-electron chi connectivity index (χ4n) is 3.79. The van der Waals surface area contributed by atoms with Gasteiger partial charge in [0.05, 0.1) is 19.8 Å². The average molecular weight is 353 g/mol. The number of benzene rings is 1. The first kappa shape index (κ1) is 16.8. The molecule has 26 heavy (non-hydrogen) atoms. The molecule has 6 heteroatoms. The first-order valence-electron chi connectivity index (χ1n) is 8.94. The van der Waals surface area contributed by atoms with Gasteiger partial charge >= 0.3 is 0 Å². The van der Waals surface area contributed by atoms with Gasteiger partial charge < -0.3 is 19.7 Å². The van der Waals surface area contributed by atoms with Crippen molar-refractivity contribution in [1.29, 1.82) is 0 Å². The predicted molar refractivity (Wildman–Crippen MR) is 98.3 cm³/mol. The zero-order chi connectivity index (χ0) is 17.9. The number of hydrogen-bond acceptors (Lipinski definition) is 5. The molecule has 2 aromatic rings. The number of carbonyl (C=O) groups is 1. The van der Waals surface area contributed by atoms with Crippen molar-refractivity contribution in [1.82, 2.24) is 9.88 Å². The van der Waals surface area contributed by atoms with Crippen LogP contribution in [0.5, 0.6) is 5.75 Å². The number of fused-ring (bicyclic) bond motifs is 1. The summed E-state index contributed by atoms with van der Waals surface area (Å²) in [5.74, 6) is 2.44. The Morgan fingerprint density at radius 3 is 2.85 bits per heavy atom. The molecule has 1 N–H and O–H groups in total. The van der Waals surface area contributed by atoms with Crippen LogP contribution >= 0.6 is 0 Å². The number of carbonyl (C=O) groups excluding carboxylic acids is 1. The Labute approximate surface area is 153 Å². The molecule has 136 valence electrons. The van der Waals surface area contributed by atoms with Crippen LogP contribution in [0.2, 0.25) is 0 Å². The summed E-state index contributed by atoms with van der Waals surface area (Å²) < 4.78 is 11.1. The second kappa shape index (κ2) is 7.33. The van der Waals surface area contributed by atoms with Crippen molar-refractivity contribution in [3.63, 3.8) is 0 Å². The molecule has 1 amide bonds. The SMILES string of the molecule is COc1ccc(C(=O)N2C[C@H]3[C@H](CNc4ccccn4)CO[C@H]3C2)cc1. The highest BCUT2D eigenvalue weighted by Gasteiger charge is 2.45. The maximum atomic E-state index is 12.8. The highest BCUT2D eigenvalue weighted by atomic mass is 16.5. The molecule has 0 unspecified atom stereocenters. The van der Waals surface area contributed by atoms with Crippen LogP contribution in [-0.2, 0) is 4.74 Å². The van der Waals surface area contributed by atoms with E-state index in [0.717, 1.165) is 31.3 Å². The molecule has 2 aliphatic rings. The minimum Gasteiger partial charge on any atom is -0.497 e. The molecule has 0 bridgehead atoms. The summed E-state index contributed by atoms with van der Waals surface area (Å²) in [6.45, 7) is 2.95. The van der Waals surface area contributed by atoms with Crippen molar-refractivity contribution in [2.24, 2.45) is 11.8 Å². The number of amides is 1. The number of nitrogens with one attached hydrogen (secondary N) is 1. The summed E-state index contributed by atoms with van der Waals surface area (Å²) in [7, 11) is 1.62. The van der Waals surface area contributed by atoms with E-state index >= 15 is 0 Å². The summed E-state index contributed by atoms with van der Waals surface area (Å²) in [5.41, 5.74) is 0.689. The predicted octanol–water partition coefficient (Wildman–Crippen LogP) is 2.29. The summed E-state index contributed by atoms with van der Waals surface area (Å²) >= 11 is 0. The minimum atomic E-state index is 0.0575. The van der Waals surface area contributed by atoms with Gasteiger partial charge in [-0.3, -0.25) is 4.79 Å². The Morgan fingerprint density at radius 2 is 2.12 bits per heavy atom. The Kier molecular flexibility index (Phi) is 4.75. The van der Waals surface area contributed by atoms with Gasteiger partial charge in [-0.15, -0.1) is 0 Å². The molecular formula is C20H23N3O3. The smallest absolute Gasteiger partial charge is 0.253 e. The number of nitrogens with zero attached hydrogens (tertiary/aromatic N) is 2. The van der Waals surface area contributed by atoms with Gasteiger partial charge in [-0.1, -0.05) is 6.07 Å². The van der Waals surface area contributed by atoms with Crippen LogP contribution in [0.1, 0.15) is 10.4 Å². The lowest BCUT2D eigenvalue weighted by molar-refractivity contribution is 0.0680. The third kappa shape index (κ3) is 3.37. The second-order valence-corrected chi connectivity index (χ2v) is 6.83. The van der Waals surface area contributed by atoms with E-state index in [-0.39, 0.29) is 12.0 Å². The van der Waals surface area contributed by atoms with Crippen LogP contribution in [0.25, 0.3) is 0 Å². The second-order valence-electron chi connectivity index (χ2n) is 6.83. The van der Waals surface area contributed by atoms with Crippen LogP contribution in [0.3, 0.4) is 0 Å². The number of pyridine rings is 1. The average Bonchev–Trinajstić information content (AvgIpc) is 3.28. The summed E-state index contributed by atoms with van der Waals surface area (Å²) in [4.78, 5) is 19.0. The molecule has 1 aromatic carbocycles. The molecular weight excluding hydrogens is 330 g/mol. The fourth-order valence-corrected chi connectivity index (χ4v) is 3.79. The fraction of sp³-hybridized carbons (Fsp3) is 0.400. The van der Waals surface area contributed by atoms with Gasteiger partial charge in [0.15, 0.2) is 0 Å². The van der Waals surface area contributed by atoms with Gasteiger partial charge in [-0.05, 0) is 36.4 Å². The van der Waals surface area contributed by atoms with Crippen LogP contribution in [0.15, 0.2) is 48.7 Å². The van der Waals surface area contributed by atoms with Crippen molar-refractivity contribution >= 4 is 11.7 Å². The van der Waals surface area contributed by atoms with E-state index in [1.807, 2.05) is 47.4 Å². The highest BCUT2D eigenvalue weighted by molar-refractivity contribution is 5.94. The Morgan fingerprint density at radius 1 is 1.27 bits per heavy atom. The number of likely N-dealkylation sites (tertiary alicyclic amines) is 1. The van der Waals surface area contributed by atoms with Crippen LogP contribution in [0, 0.1) is 11.8 Å². The zero-order valence-electron chi connectivity index (χ0n) is 14.8. The summed E-state index contributed by atoms with van der Waals surface area (Å²) in [5, 5.41) is 3.38. The molecule has 1 aromatic heterocycles. The zero-order valence-corrected chi connectivity index (χ0v) is 14.8. The van der Waals surface area contributed by atoms with E-state index < -0.39 is 0 Å². The van der Waals surface area contributed by atoms with Crippen molar-refractivity contribution in [2.45, 2.75) is 6.10 Å². The lowest BCUT2D eigenvalue weighted by Crippen LogP contribution is -2.32. The quantitative estimate of drug-likeness (QED) is 0.894. The summed E-state index contributed by atoms with van der Waals surface area (Å²) in [6.07, 6.45) is 1.91. The number of methoxy groups -OCH3 is 1. The number of rotatable bonds is 5. The van der Waals surface area contributed by atoms with Crippen LogP contribution in [-0.4, -0.2) is 55.2 Å². The molecule has 2 saturated heterocycles. The standard InChI is InChI=1S/C20H23N3O3/c1-25-16-7-5-14(6-8-16)20(24)23-11-17-15(13-26-18(17)12-23)10-22-19-4-2-3-9-21-19/h2-9,15,17-18H,10-13H2,1H3,(H,21,22)/t15-,17+,18+/m1/s1. The maximum Gasteiger partial charge on any atom is 0.253 e. The topological polar surface area (TPSA) is 63.7 Å². The maximum absolute atomic E-state index is 12.8. The van der Waals surface area contributed by atoms with E-state index in [0.29, 0.717) is 23.9 Å². The number of anilines is 1. The molecule has 3 atom stereocenters. The van der Waals surface area contributed by atoms with Crippen molar-refractivity contribution in [2.75, 3.05) is 38.7 Å². The molecule has 2 aliphatic heterocycles. The van der Waals surface area contributed by atoms with E-state index in [2.05, 4.69) is 10.3 Å². The molecule has 0 radical (unpaired) electrons. The van der Waals surface area contributed by atoms with Crippen molar-refractivity contribution < 1.29 is 14.3 Å². The largest absolute Gasteiger partial charge is 0.497 e. The normalized spacial score (nSPS) is 24.3. The number of aromatic nitrogens is 1. The van der Waals surface area contributed by atoms with Gasteiger partial charge in [0.25, 0.3) is 5.91 Å². The molecule has 0 spiro atoms. The minimum absolute atomic E-state index is 0.0575. The van der Waals surface area contributed by atoms with Crippen LogP contribution in [0.4, 0.5) is 5.82 Å². The van der Waals surface area contributed by atoms with E-state index in [1.165, 1.54) is 0 Å². The Hall–Kier alpha value is -2.60. The highest BCUT2D eigenvalue weighted by Crippen LogP contribution is 2.34. The first-order valence-corrected chi connectivity index (χ1v) is 8.94. The van der Waals surface area contributed by atoms with Crippen molar-refractivity contribution in [3.05, 3.63) is 54.2 Å². The molecule has 2 fully saturated rings. The number of hydrogen-bond donors (Lipinski definition) is 1. The van der Waals surface area contributed by atoms with E-state index in [4.69, 9.17) is 9.47 Å². The first-order chi connectivity index (χ1) is 12.7. The Bertz CT molecular complexity index is 751. The molecule has 0 saturated carbocycles. The van der Waals surface area contributed by atoms with Gasteiger partial charge in [-0.2, -0.15) is 0 Å². The monoisotopic (exact) mass is 353 g/mol. The van der Waals surface area contributed by atoms with Gasteiger partial charge in [0.2, 0.25) is 0 Å². The molecule has 0 aliphatic carbocycles. The lowest BCUT2D eigenvalue weighted by Gasteiger charge is -2.20. The Balaban J connectivity index is 1.36. The lowest BCUT2D eigenvalue weighted by atomic mass is 9.93. The third-order valence-electron chi connectivity index (χ3n) is 5.27. The van der Waals surface area contributed by atoms with Crippen LogP contribution < -0.4 is 10.1 Å². The van der Waals surface area contributed by atoms with E-state index in [1.54, 1.807) is 13.3 Å². The van der Waals surface area contributed by atoms with Gasteiger partial charge in [0, 0.05) is 43.2 Å². The van der Waals surface area contributed by atoms with Gasteiger partial charge in [0.1, 0.15) is 11.6 Å². The third-order valence-corrected chi connectivity index (χ3v) is 5.27. The molecule has 4 rings (SSSR count). The molecule has 6 nitrogen and oxygen atoms in total.